The van der Waals surface area contributed by atoms with Crippen molar-refractivity contribution in [3.05, 3.63) is 0 Å². The molecule has 1 unspecified atom stereocenters. The highest BCUT2D eigenvalue weighted by molar-refractivity contribution is 4.86. The molecule has 1 rings (SSSR count). The normalized spacial score (nSPS) is 18.8. The van der Waals surface area contributed by atoms with Gasteiger partial charge in [-0.3, -0.25) is 4.90 Å². The molecule has 0 spiro atoms. The van der Waals surface area contributed by atoms with Crippen molar-refractivity contribution in [1.29, 1.82) is 0 Å². The average Bonchev–Trinajstić information content (AvgIpc) is 2.96. The Hall–Kier alpha value is -0.120. The van der Waals surface area contributed by atoms with Crippen molar-refractivity contribution < 1.29 is 9.84 Å². The molecule has 0 bridgehead atoms. The summed E-state index contributed by atoms with van der Waals surface area (Å²) < 4.78 is 5.22. The molecule has 1 aliphatic rings. The zero-order valence-corrected chi connectivity index (χ0v) is 10.3. The first-order chi connectivity index (χ1) is 7.13. The van der Waals surface area contributed by atoms with Crippen LogP contribution in [0.15, 0.2) is 0 Å². The van der Waals surface area contributed by atoms with Gasteiger partial charge in [-0.25, -0.2) is 0 Å². The van der Waals surface area contributed by atoms with Gasteiger partial charge in [-0.2, -0.15) is 0 Å². The van der Waals surface area contributed by atoms with Crippen LogP contribution in [0, 0.1) is 5.92 Å². The zero-order valence-electron chi connectivity index (χ0n) is 10.3. The van der Waals surface area contributed by atoms with E-state index in [-0.39, 0.29) is 6.10 Å². The van der Waals surface area contributed by atoms with E-state index in [1.807, 2.05) is 6.92 Å². The summed E-state index contributed by atoms with van der Waals surface area (Å²) in [7, 11) is 0. The monoisotopic (exact) mass is 215 g/mol. The summed E-state index contributed by atoms with van der Waals surface area (Å²) in [5.74, 6) is 0.671. The fraction of sp³-hybridized carbons (Fsp3) is 1.00. The summed E-state index contributed by atoms with van der Waals surface area (Å²) in [6, 6.07) is 0.726. The second-order valence-corrected chi connectivity index (χ2v) is 4.89. The van der Waals surface area contributed by atoms with E-state index < -0.39 is 0 Å². The molecule has 0 amide bonds. The van der Waals surface area contributed by atoms with Crippen molar-refractivity contribution in [2.24, 2.45) is 5.92 Å². The summed E-state index contributed by atoms with van der Waals surface area (Å²) in [6.07, 6.45) is 2.27. The Kier molecular flexibility index (Phi) is 5.58. The third-order valence-corrected chi connectivity index (χ3v) is 2.62. The van der Waals surface area contributed by atoms with Gasteiger partial charge in [0.1, 0.15) is 0 Å². The highest BCUT2D eigenvalue weighted by Gasteiger charge is 2.30. The van der Waals surface area contributed by atoms with Crippen LogP contribution in [0.2, 0.25) is 0 Å². The lowest BCUT2D eigenvalue weighted by molar-refractivity contribution is 0.0174. The third kappa shape index (κ3) is 5.50. The molecule has 0 radical (unpaired) electrons. The Balaban J connectivity index is 2.23. The number of ether oxygens (including phenoxy) is 1. The predicted octanol–water partition coefficient (Wildman–Crippen LogP) is 1.50. The number of rotatable bonds is 8. The van der Waals surface area contributed by atoms with Crippen LogP contribution in [-0.4, -0.2) is 48.5 Å². The molecule has 1 aliphatic carbocycles. The van der Waals surface area contributed by atoms with Crippen molar-refractivity contribution in [2.75, 3.05) is 26.3 Å². The Morgan fingerprint density at radius 3 is 2.47 bits per heavy atom. The molecule has 0 aromatic carbocycles. The molecule has 1 saturated carbocycles. The van der Waals surface area contributed by atoms with Crippen LogP contribution in [0.1, 0.15) is 33.6 Å². The maximum Gasteiger partial charge on any atom is 0.0900 e. The van der Waals surface area contributed by atoms with Gasteiger partial charge in [0.2, 0.25) is 0 Å². The first-order valence-electron chi connectivity index (χ1n) is 6.13. The molecule has 1 N–H and O–H groups in total. The van der Waals surface area contributed by atoms with Gasteiger partial charge >= 0.3 is 0 Å². The molecule has 3 nitrogen and oxygen atoms in total. The maximum atomic E-state index is 9.77. The second-order valence-electron chi connectivity index (χ2n) is 4.89. The van der Waals surface area contributed by atoms with Gasteiger partial charge in [0, 0.05) is 25.7 Å². The largest absolute Gasteiger partial charge is 0.389 e. The van der Waals surface area contributed by atoms with E-state index >= 15 is 0 Å². The highest BCUT2D eigenvalue weighted by Crippen LogP contribution is 2.27. The SMILES string of the molecule is CCOCC(O)CN(CC(C)C)C1CC1. The Labute approximate surface area is 93.4 Å². The van der Waals surface area contributed by atoms with Crippen LogP contribution < -0.4 is 0 Å². The van der Waals surface area contributed by atoms with E-state index in [4.69, 9.17) is 4.74 Å². The molecular weight excluding hydrogens is 190 g/mol. The molecule has 1 fully saturated rings. The van der Waals surface area contributed by atoms with E-state index in [1.54, 1.807) is 0 Å². The van der Waals surface area contributed by atoms with Crippen LogP contribution in [0.4, 0.5) is 0 Å². The molecule has 0 heterocycles. The van der Waals surface area contributed by atoms with Gasteiger partial charge in [0.05, 0.1) is 12.7 Å². The number of nitrogens with zero attached hydrogens (tertiary/aromatic N) is 1. The van der Waals surface area contributed by atoms with Crippen LogP contribution in [-0.2, 0) is 4.74 Å². The Morgan fingerprint density at radius 2 is 2.00 bits per heavy atom. The minimum atomic E-state index is -0.329. The lowest BCUT2D eigenvalue weighted by Gasteiger charge is -2.26. The minimum absolute atomic E-state index is 0.329. The number of hydrogen-bond acceptors (Lipinski definition) is 3. The standard InChI is InChI=1S/C12H25NO2/c1-4-15-9-12(14)8-13(7-10(2)3)11-5-6-11/h10-12,14H,4-9H2,1-3H3. The van der Waals surface area contributed by atoms with E-state index in [0.29, 0.717) is 19.1 Å². The predicted molar refractivity (Wildman–Crippen MR) is 61.9 cm³/mol. The minimum Gasteiger partial charge on any atom is -0.389 e. The lowest BCUT2D eigenvalue weighted by Crippen LogP contribution is -2.38. The average molecular weight is 215 g/mol. The fourth-order valence-electron chi connectivity index (χ4n) is 1.86. The van der Waals surface area contributed by atoms with Crippen LogP contribution in [0.3, 0.4) is 0 Å². The van der Waals surface area contributed by atoms with E-state index in [0.717, 1.165) is 19.1 Å². The Bertz CT molecular complexity index is 169. The van der Waals surface area contributed by atoms with E-state index in [9.17, 15) is 5.11 Å². The smallest absolute Gasteiger partial charge is 0.0900 e. The van der Waals surface area contributed by atoms with Crippen LogP contribution >= 0.6 is 0 Å². The molecular formula is C12H25NO2. The van der Waals surface area contributed by atoms with Crippen molar-refractivity contribution in [3.63, 3.8) is 0 Å². The van der Waals surface area contributed by atoms with Gasteiger partial charge < -0.3 is 9.84 Å². The molecule has 0 saturated heterocycles. The molecule has 1 atom stereocenters. The van der Waals surface area contributed by atoms with Crippen LogP contribution in [0.25, 0.3) is 0 Å². The number of aliphatic hydroxyl groups is 1. The summed E-state index contributed by atoms with van der Waals surface area (Å²) in [4.78, 5) is 2.41. The van der Waals surface area contributed by atoms with Crippen molar-refractivity contribution in [3.8, 4) is 0 Å². The fourth-order valence-corrected chi connectivity index (χ4v) is 1.86. The summed E-state index contributed by atoms with van der Waals surface area (Å²) in [6.45, 7) is 9.42. The zero-order chi connectivity index (χ0) is 11.3. The quantitative estimate of drug-likeness (QED) is 0.666. The van der Waals surface area contributed by atoms with Crippen molar-refractivity contribution >= 4 is 0 Å². The summed E-state index contributed by atoms with van der Waals surface area (Å²) >= 11 is 0. The summed E-state index contributed by atoms with van der Waals surface area (Å²) in [5, 5.41) is 9.77. The first-order valence-corrected chi connectivity index (χ1v) is 6.13. The molecule has 90 valence electrons. The van der Waals surface area contributed by atoms with E-state index in [1.165, 1.54) is 12.8 Å². The van der Waals surface area contributed by atoms with Gasteiger partial charge in [-0.1, -0.05) is 13.8 Å². The summed E-state index contributed by atoms with van der Waals surface area (Å²) in [5.41, 5.74) is 0. The number of aliphatic hydroxyl groups excluding tert-OH is 1. The third-order valence-electron chi connectivity index (χ3n) is 2.62. The Morgan fingerprint density at radius 1 is 1.33 bits per heavy atom. The van der Waals surface area contributed by atoms with Gasteiger partial charge in [-0.05, 0) is 25.7 Å². The van der Waals surface area contributed by atoms with Gasteiger partial charge in [0.25, 0.3) is 0 Å². The molecule has 3 heteroatoms. The van der Waals surface area contributed by atoms with Crippen molar-refractivity contribution in [2.45, 2.75) is 45.8 Å². The molecule has 15 heavy (non-hydrogen) atoms. The molecule has 0 aromatic heterocycles. The highest BCUT2D eigenvalue weighted by atomic mass is 16.5. The maximum absolute atomic E-state index is 9.77. The number of hydrogen-bond donors (Lipinski definition) is 1. The topological polar surface area (TPSA) is 32.7 Å². The first kappa shape index (κ1) is 12.9. The van der Waals surface area contributed by atoms with Crippen molar-refractivity contribution in [1.82, 2.24) is 4.90 Å². The lowest BCUT2D eigenvalue weighted by atomic mass is 10.2. The van der Waals surface area contributed by atoms with Gasteiger partial charge in [0.15, 0.2) is 0 Å². The second kappa shape index (κ2) is 6.46. The van der Waals surface area contributed by atoms with Gasteiger partial charge in [-0.15, -0.1) is 0 Å². The molecule has 0 aliphatic heterocycles. The van der Waals surface area contributed by atoms with Crippen LogP contribution in [0.5, 0.6) is 0 Å². The van der Waals surface area contributed by atoms with E-state index in [2.05, 4.69) is 18.7 Å². The molecule has 0 aromatic rings.